The van der Waals surface area contributed by atoms with E-state index in [0.717, 1.165) is 18.2 Å². The normalized spacial score (nSPS) is 23.6. The highest BCUT2D eigenvalue weighted by molar-refractivity contribution is 6.31. The van der Waals surface area contributed by atoms with Gasteiger partial charge in [-0.05, 0) is 37.9 Å². The number of nitrogen functional groups attached to an aromatic ring is 1. The van der Waals surface area contributed by atoms with Gasteiger partial charge in [0.2, 0.25) is 0 Å². The van der Waals surface area contributed by atoms with Gasteiger partial charge in [-0.2, -0.15) is 0 Å². The molecule has 2 rings (SSSR count). The molecule has 1 aromatic rings. The van der Waals surface area contributed by atoms with Crippen molar-refractivity contribution < 1.29 is 0 Å². The van der Waals surface area contributed by atoms with Crippen molar-refractivity contribution in [1.29, 1.82) is 0 Å². The number of pyridine rings is 1. The van der Waals surface area contributed by atoms with Gasteiger partial charge in [0.1, 0.15) is 5.82 Å². The van der Waals surface area contributed by atoms with Crippen LogP contribution in [-0.2, 0) is 6.54 Å². The summed E-state index contributed by atoms with van der Waals surface area (Å²) in [4.78, 5) is 6.81. The molecule has 0 aliphatic heterocycles. The van der Waals surface area contributed by atoms with Crippen LogP contribution in [0.2, 0.25) is 5.02 Å². The van der Waals surface area contributed by atoms with Crippen molar-refractivity contribution in [1.82, 2.24) is 9.88 Å². The molecule has 0 amide bonds. The van der Waals surface area contributed by atoms with E-state index in [1.54, 1.807) is 6.07 Å². The second kappa shape index (κ2) is 6.55. The minimum absolute atomic E-state index is 0.626. The highest BCUT2D eigenvalue weighted by atomic mass is 35.5. The van der Waals surface area contributed by atoms with Gasteiger partial charge in [0.25, 0.3) is 0 Å². The van der Waals surface area contributed by atoms with Crippen LogP contribution in [-0.4, -0.2) is 23.0 Å². The Kier molecular flexibility index (Phi) is 5.02. The van der Waals surface area contributed by atoms with Crippen molar-refractivity contribution in [3.63, 3.8) is 0 Å². The molecule has 1 aromatic heterocycles. The molecule has 0 saturated heterocycles. The summed E-state index contributed by atoms with van der Waals surface area (Å²) in [5.74, 6) is 6.80. The van der Waals surface area contributed by atoms with Crippen molar-refractivity contribution in [2.45, 2.75) is 45.2 Å². The van der Waals surface area contributed by atoms with Crippen LogP contribution in [0.25, 0.3) is 0 Å². The molecular weight excluding hydrogens is 260 g/mol. The first-order valence-corrected chi connectivity index (χ1v) is 7.32. The first-order valence-electron chi connectivity index (χ1n) is 6.94. The standard InChI is InChI=1S/C14H23ClN4/c1-10-5-3-4-6-13(10)19(2)9-12-11(15)7-8-14(17-12)18-16/h7-8,10,13H,3-6,9,16H2,1-2H3,(H,17,18). The molecule has 1 heterocycles. The average Bonchev–Trinajstić information content (AvgIpc) is 2.41. The maximum atomic E-state index is 6.21. The van der Waals surface area contributed by atoms with Crippen molar-refractivity contribution in [3.8, 4) is 0 Å². The lowest BCUT2D eigenvalue weighted by atomic mass is 9.85. The topological polar surface area (TPSA) is 54.2 Å². The summed E-state index contributed by atoms with van der Waals surface area (Å²) in [6.07, 6.45) is 5.27. The number of nitrogens with two attached hydrogens (primary N) is 1. The number of anilines is 1. The number of hydrogen-bond donors (Lipinski definition) is 2. The molecule has 106 valence electrons. The number of hydrazine groups is 1. The molecule has 1 saturated carbocycles. The van der Waals surface area contributed by atoms with Crippen molar-refractivity contribution in [3.05, 3.63) is 22.8 Å². The maximum absolute atomic E-state index is 6.21. The van der Waals surface area contributed by atoms with Crippen LogP contribution in [0.4, 0.5) is 5.82 Å². The van der Waals surface area contributed by atoms with Gasteiger partial charge in [-0.25, -0.2) is 10.8 Å². The Morgan fingerprint density at radius 2 is 2.16 bits per heavy atom. The number of rotatable bonds is 4. The molecule has 5 heteroatoms. The van der Waals surface area contributed by atoms with Gasteiger partial charge < -0.3 is 5.43 Å². The first-order chi connectivity index (χ1) is 9.11. The Morgan fingerprint density at radius 1 is 1.42 bits per heavy atom. The number of nitrogens with zero attached hydrogens (tertiary/aromatic N) is 2. The lowest BCUT2D eigenvalue weighted by molar-refractivity contribution is 0.132. The minimum atomic E-state index is 0.626. The van der Waals surface area contributed by atoms with E-state index in [1.165, 1.54) is 25.7 Å². The number of aromatic nitrogens is 1. The average molecular weight is 283 g/mol. The Bertz CT molecular complexity index is 424. The van der Waals surface area contributed by atoms with Crippen molar-refractivity contribution in [2.75, 3.05) is 12.5 Å². The summed E-state index contributed by atoms with van der Waals surface area (Å²) in [5.41, 5.74) is 3.45. The quantitative estimate of drug-likeness (QED) is 0.658. The van der Waals surface area contributed by atoms with E-state index in [9.17, 15) is 0 Å². The number of nitrogens with one attached hydrogen (secondary N) is 1. The molecule has 0 bridgehead atoms. The molecule has 1 fully saturated rings. The van der Waals surface area contributed by atoms with E-state index in [4.69, 9.17) is 17.4 Å². The van der Waals surface area contributed by atoms with Crippen LogP contribution < -0.4 is 11.3 Å². The SMILES string of the molecule is CC1CCCCC1N(C)Cc1nc(NN)ccc1Cl. The zero-order chi connectivity index (χ0) is 13.8. The third-order valence-electron chi connectivity index (χ3n) is 4.10. The molecule has 0 aromatic carbocycles. The first kappa shape index (κ1) is 14.6. The molecule has 0 radical (unpaired) electrons. The molecule has 2 unspecified atom stereocenters. The Hall–Kier alpha value is -0.840. The Morgan fingerprint density at radius 3 is 2.84 bits per heavy atom. The van der Waals surface area contributed by atoms with E-state index < -0.39 is 0 Å². The molecular formula is C14H23ClN4. The van der Waals surface area contributed by atoms with Crippen LogP contribution >= 0.6 is 11.6 Å². The lowest BCUT2D eigenvalue weighted by Crippen LogP contribution is -2.38. The van der Waals surface area contributed by atoms with E-state index in [-0.39, 0.29) is 0 Å². The van der Waals surface area contributed by atoms with E-state index >= 15 is 0 Å². The third kappa shape index (κ3) is 3.59. The molecule has 2 atom stereocenters. The van der Waals surface area contributed by atoms with Crippen molar-refractivity contribution in [2.24, 2.45) is 11.8 Å². The Labute approximate surface area is 120 Å². The lowest BCUT2D eigenvalue weighted by Gasteiger charge is -2.36. The van der Waals surface area contributed by atoms with Crippen LogP contribution in [0.5, 0.6) is 0 Å². The monoisotopic (exact) mass is 282 g/mol. The summed E-state index contributed by atoms with van der Waals surface area (Å²) in [5, 5.41) is 0.703. The summed E-state index contributed by atoms with van der Waals surface area (Å²) < 4.78 is 0. The van der Waals surface area contributed by atoms with Gasteiger partial charge in [0.15, 0.2) is 0 Å². The second-order valence-corrected chi connectivity index (χ2v) is 5.92. The zero-order valence-corrected chi connectivity index (χ0v) is 12.5. The second-order valence-electron chi connectivity index (χ2n) is 5.51. The minimum Gasteiger partial charge on any atom is -0.308 e. The fourth-order valence-corrected chi connectivity index (χ4v) is 3.15. The fourth-order valence-electron chi connectivity index (χ4n) is 2.98. The van der Waals surface area contributed by atoms with E-state index in [1.807, 2.05) is 6.07 Å². The fraction of sp³-hybridized carbons (Fsp3) is 0.643. The molecule has 1 aliphatic rings. The molecule has 19 heavy (non-hydrogen) atoms. The van der Waals surface area contributed by atoms with Crippen LogP contribution in [0.3, 0.4) is 0 Å². The van der Waals surface area contributed by atoms with Gasteiger partial charge in [0, 0.05) is 12.6 Å². The van der Waals surface area contributed by atoms with Crippen molar-refractivity contribution >= 4 is 17.4 Å². The molecule has 4 nitrogen and oxygen atoms in total. The smallest absolute Gasteiger partial charge is 0.140 e. The highest BCUT2D eigenvalue weighted by Crippen LogP contribution is 2.29. The largest absolute Gasteiger partial charge is 0.308 e. The van der Waals surface area contributed by atoms with Crippen LogP contribution in [0.15, 0.2) is 12.1 Å². The highest BCUT2D eigenvalue weighted by Gasteiger charge is 2.25. The predicted octanol–water partition coefficient (Wildman–Crippen LogP) is 3.03. The summed E-state index contributed by atoms with van der Waals surface area (Å²) in [6, 6.07) is 4.26. The van der Waals surface area contributed by atoms with E-state index in [2.05, 4.69) is 29.3 Å². The predicted molar refractivity (Wildman–Crippen MR) is 79.9 cm³/mol. The number of halogens is 1. The number of hydrogen-bond acceptors (Lipinski definition) is 4. The van der Waals surface area contributed by atoms with Gasteiger partial charge in [-0.3, -0.25) is 4.90 Å². The van der Waals surface area contributed by atoms with Crippen LogP contribution in [0, 0.1) is 5.92 Å². The summed E-state index contributed by atoms with van der Waals surface area (Å²) >= 11 is 6.21. The molecule has 1 aliphatic carbocycles. The Balaban J connectivity index is 2.07. The van der Waals surface area contributed by atoms with Gasteiger partial charge in [0.05, 0.1) is 10.7 Å². The van der Waals surface area contributed by atoms with Gasteiger partial charge >= 0.3 is 0 Å². The molecule has 0 spiro atoms. The van der Waals surface area contributed by atoms with E-state index in [0.29, 0.717) is 16.9 Å². The molecule has 3 N–H and O–H groups in total. The summed E-state index contributed by atoms with van der Waals surface area (Å²) in [7, 11) is 2.16. The maximum Gasteiger partial charge on any atom is 0.140 e. The zero-order valence-electron chi connectivity index (χ0n) is 11.7. The van der Waals surface area contributed by atoms with Gasteiger partial charge in [-0.1, -0.05) is 31.4 Å². The third-order valence-corrected chi connectivity index (χ3v) is 4.44. The van der Waals surface area contributed by atoms with Gasteiger partial charge in [-0.15, -0.1) is 0 Å². The summed E-state index contributed by atoms with van der Waals surface area (Å²) in [6.45, 7) is 3.11. The van der Waals surface area contributed by atoms with Crippen LogP contribution in [0.1, 0.15) is 38.3 Å².